The molecular formula is C24H20BrNO7. The average molecular weight is 514 g/mol. The number of methoxy groups -OCH3 is 2. The Balaban J connectivity index is 1.79. The van der Waals surface area contributed by atoms with Crippen molar-refractivity contribution in [2.75, 3.05) is 14.2 Å². The zero-order chi connectivity index (χ0) is 23.6. The van der Waals surface area contributed by atoms with Crippen molar-refractivity contribution >= 4 is 39.3 Å². The molecule has 2 N–H and O–H groups in total. The number of fused-ring (bicyclic) bond motifs is 3. The van der Waals surface area contributed by atoms with Crippen molar-refractivity contribution in [3.63, 3.8) is 0 Å². The first-order valence-corrected chi connectivity index (χ1v) is 11.2. The molecule has 1 fully saturated rings. The van der Waals surface area contributed by atoms with Crippen LogP contribution < -0.4 is 14.8 Å². The number of halogens is 1. The Kier molecular flexibility index (Phi) is 5.04. The number of benzene rings is 1. The number of carbonyl (C=O) groups is 4. The van der Waals surface area contributed by atoms with Crippen molar-refractivity contribution in [2.24, 2.45) is 17.8 Å². The lowest BCUT2D eigenvalue weighted by Gasteiger charge is -2.42. The van der Waals surface area contributed by atoms with Crippen molar-refractivity contribution in [3.8, 4) is 17.2 Å². The molecule has 4 atom stereocenters. The summed E-state index contributed by atoms with van der Waals surface area (Å²) in [5.74, 6) is -3.16. The van der Waals surface area contributed by atoms with Gasteiger partial charge in [-0.2, -0.15) is 0 Å². The molecule has 1 heterocycles. The Labute approximate surface area is 197 Å². The molecule has 1 aliphatic heterocycles. The molecule has 0 radical (unpaired) electrons. The summed E-state index contributed by atoms with van der Waals surface area (Å²) < 4.78 is 11.2. The van der Waals surface area contributed by atoms with Crippen LogP contribution in [0.4, 0.5) is 0 Å². The lowest BCUT2D eigenvalue weighted by Crippen LogP contribution is -2.39. The van der Waals surface area contributed by atoms with Gasteiger partial charge in [-0.15, -0.1) is 0 Å². The second kappa shape index (κ2) is 7.69. The van der Waals surface area contributed by atoms with Gasteiger partial charge in [0.2, 0.25) is 11.8 Å². The summed E-state index contributed by atoms with van der Waals surface area (Å²) in [7, 11) is 2.87. The maximum absolute atomic E-state index is 13.2. The molecule has 170 valence electrons. The highest BCUT2D eigenvalue weighted by molar-refractivity contribution is 9.12. The summed E-state index contributed by atoms with van der Waals surface area (Å²) in [5, 5.41) is 12.6. The van der Waals surface area contributed by atoms with Crippen LogP contribution in [0.5, 0.6) is 17.2 Å². The van der Waals surface area contributed by atoms with Crippen LogP contribution in [0.1, 0.15) is 24.3 Å². The van der Waals surface area contributed by atoms with E-state index in [1.54, 1.807) is 0 Å². The monoisotopic (exact) mass is 513 g/mol. The van der Waals surface area contributed by atoms with Crippen molar-refractivity contribution in [1.82, 2.24) is 5.32 Å². The van der Waals surface area contributed by atoms with E-state index in [4.69, 9.17) is 9.47 Å². The molecule has 9 heteroatoms. The molecule has 5 rings (SSSR count). The van der Waals surface area contributed by atoms with Crippen LogP contribution in [0, 0.1) is 17.8 Å². The number of phenols is 1. The zero-order valence-electron chi connectivity index (χ0n) is 17.8. The highest BCUT2D eigenvalue weighted by atomic mass is 79.9. The number of ketones is 2. The van der Waals surface area contributed by atoms with Gasteiger partial charge in [0.1, 0.15) is 17.2 Å². The fraction of sp³-hybridized carbons (Fsp3) is 0.333. The van der Waals surface area contributed by atoms with Crippen LogP contribution in [-0.4, -0.2) is 42.7 Å². The highest BCUT2D eigenvalue weighted by Gasteiger charge is 2.54. The van der Waals surface area contributed by atoms with Crippen molar-refractivity contribution in [1.29, 1.82) is 0 Å². The number of rotatable bonds is 3. The Morgan fingerprint density at radius 1 is 1.03 bits per heavy atom. The first kappa shape index (κ1) is 21.6. The number of phenolic OH excluding ortho intramolecular Hbond substituents is 1. The number of amides is 2. The molecule has 4 aliphatic rings. The van der Waals surface area contributed by atoms with Crippen LogP contribution in [0.3, 0.4) is 0 Å². The summed E-state index contributed by atoms with van der Waals surface area (Å²) in [6.45, 7) is 0. The Morgan fingerprint density at radius 2 is 1.70 bits per heavy atom. The number of imide groups is 1. The minimum atomic E-state index is -0.734. The van der Waals surface area contributed by atoms with Crippen LogP contribution >= 0.6 is 15.9 Å². The summed E-state index contributed by atoms with van der Waals surface area (Å²) >= 11 is 3.19. The lowest BCUT2D eigenvalue weighted by atomic mass is 9.59. The fourth-order valence-electron chi connectivity index (χ4n) is 5.66. The molecule has 3 aliphatic carbocycles. The largest absolute Gasteiger partial charge is 0.508 e. The number of aromatic hydroxyl groups is 1. The van der Waals surface area contributed by atoms with E-state index in [1.807, 2.05) is 6.08 Å². The van der Waals surface area contributed by atoms with E-state index in [0.29, 0.717) is 23.1 Å². The minimum absolute atomic E-state index is 0.0823. The number of ether oxygens (including phenoxy) is 2. The number of hydrogen-bond donors (Lipinski definition) is 2. The minimum Gasteiger partial charge on any atom is -0.508 e. The van der Waals surface area contributed by atoms with Gasteiger partial charge in [0, 0.05) is 40.8 Å². The van der Waals surface area contributed by atoms with Gasteiger partial charge < -0.3 is 14.6 Å². The second-order valence-electron chi connectivity index (χ2n) is 8.51. The summed E-state index contributed by atoms with van der Waals surface area (Å²) in [5.41, 5.74) is 1.87. The van der Waals surface area contributed by atoms with Crippen LogP contribution in [0.2, 0.25) is 0 Å². The quantitative estimate of drug-likeness (QED) is 0.362. The Morgan fingerprint density at radius 3 is 2.33 bits per heavy atom. The van der Waals surface area contributed by atoms with E-state index in [2.05, 4.69) is 21.2 Å². The molecule has 0 saturated carbocycles. The van der Waals surface area contributed by atoms with Crippen molar-refractivity contribution in [2.45, 2.75) is 18.8 Å². The standard InChI is InChI=1S/C24H20BrNO7/c1-32-16-5-9(27)6-17(33-2)21(16)20-10-3-4-11-18(24(31)26-23(11)30)12(10)7-13-19(20)15(28)8-14(25)22(13)29/h3,5-6,8,11-12,18,20,27H,4,7H2,1-2H3,(H,26,30,31)/t11-,12+,18-,20-/m0/s1. The molecule has 0 spiro atoms. The highest BCUT2D eigenvalue weighted by Crippen LogP contribution is 2.57. The molecule has 0 aromatic heterocycles. The van der Waals surface area contributed by atoms with Crippen LogP contribution in [0.25, 0.3) is 0 Å². The van der Waals surface area contributed by atoms with Crippen molar-refractivity contribution < 1.29 is 33.8 Å². The predicted molar refractivity (Wildman–Crippen MR) is 119 cm³/mol. The fourth-order valence-corrected chi connectivity index (χ4v) is 6.11. The van der Waals surface area contributed by atoms with E-state index in [0.717, 1.165) is 5.57 Å². The van der Waals surface area contributed by atoms with E-state index >= 15 is 0 Å². The summed E-state index contributed by atoms with van der Waals surface area (Å²) in [4.78, 5) is 51.5. The van der Waals surface area contributed by atoms with Gasteiger partial charge in [0.25, 0.3) is 0 Å². The van der Waals surface area contributed by atoms with Crippen LogP contribution in [-0.2, 0) is 19.2 Å². The number of Topliss-reactive ketones (excluding diaryl/α,β-unsaturated/α-hetero) is 1. The lowest BCUT2D eigenvalue weighted by molar-refractivity contribution is -0.126. The summed E-state index contributed by atoms with van der Waals surface area (Å²) in [6, 6.07) is 2.83. The zero-order valence-corrected chi connectivity index (χ0v) is 19.4. The molecule has 8 nitrogen and oxygen atoms in total. The van der Waals surface area contributed by atoms with E-state index < -0.39 is 23.7 Å². The molecule has 33 heavy (non-hydrogen) atoms. The Hall–Kier alpha value is -3.20. The molecule has 2 amide bonds. The third-order valence-corrected chi connectivity index (χ3v) is 7.58. The molecule has 1 aromatic carbocycles. The summed E-state index contributed by atoms with van der Waals surface area (Å²) in [6.07, 6.45) is 3.68. The number of nitrogens with one attached hydrogen (secondary N) is 1. The van der Waals surface area contributed by atoms with Gasteiger partial charge in [-0.1, -0.05) is 11.6 Å². The van der Waals surface area contributed by atoms with Gasteiger partial charge in [-0.25, -0.2) is 0 Å². The number of carbonyl (C=O) groups excluding carboxylic acids is 4. The van der Waals surface area contributed by atoms with E-state index in [1.165, 1.54) is 32.4 Å². The van der Waals surface area contributed by atoms with Crippen LogP contribution in [0.15, 0.2) is 45.5 Å². The first-order valence-electron chi connectivity index (χ1n) is 10.5. The first-order chi connectivity index (χ1) is 15.8. The van der Waals surface area contributed by atoms with Gasteiger partial charge in [-0.05, 0) is 34.7 Å². The average Bonchev–Trinajstić information content (AvgIpc) is 3.09. The predicted octanol–water partition coefficient (Wildman–Crippen LogP) is 2.46. The molecule has 0 unspecified atom stereocenters. The molecule has 1 saturated heterocycles. The maximum Gasteiger partial charge on any atom is 0.231 e. The normalized spacial score (nSPS) is 28.5. The second-order valence-corrected chi connectivity index (χ2v) is 9.37. The third kappa shape index (κ3) is 3.09. The topological polar surface area (TPSA) is 119 Å². The Bertz CT molecular complexity index is 1220. The number of allylic oxidation sites excluding steroid dienone is 6. The van der Waals surface area contributed by atoms with Gasteiger partial charge in [-0.3, -0.25) is 24.5 Å². The van der Waals surface area contributed by atoms with E-state index in [9.17, 15) is 24.3 Å². The maximum atomic E-state index is 13.2. The third-order valence-electron chi connectivity index (χ3n) is 6.99. The number of hydrogen-bond acceptors (Lipinski definition) is 7. The molecule has 0 bridgehead atoms. The van der Waals surface area contributed by atoms with Gasteiger partial charge in [0.15, 0.2) is 11.6 Å². The molecule has 1 aromatic rings. The van der Waals surface area contributed by atoms with E-state index in [-0.39, 0.29) is 51.5 Å². The van der Waals surface area contributed by atoms with Gasteiger partial charge >= 0.3 is 0 Å². The van der Waals surface area contributed by atoms with Gasteiger partial charge in [0.05, 0.1) is 30.5 Å². The smallest absolute Gasteiger partial charge is 0.231 e. The van der Waals surface area contributed by atoms with Crippen molar-refractivity contribution in [3.05, 3.63) is 51.0 Å². The molecular weight excluding hydrogens is 494 g/mol. The SMILES string of the molecule is COc1cc(O)cc(OC)c1[C@H]1C2=CC[C@@H]3C(=O)NC(=O)[C@@H]3[C@@H]2CC2=C1C(=O)C=C(Br)C2=O.